The molecule has 0 bridgehead atoms. The van der Waals surface area contributed by atoms with Crippen molar-refractivity contribution in [2.45, 2.75) is 25.5 Å². The van der Waals surface area contributed by atoms with E-state index < -0.39 is 0 Å². The van der Waals surface area contributed by atoms with Crippen LogP contribution < -0.4 is 5.32 Å². The molecule has 3 rings (SSSR count). The Morgan fingerprint density at radius 1 is 1.35 bits per heavy atom. The van der Waals surface area contributed by atoms with E-state index >= 15 is 0 Å². The minimum absolute atomic E-state index is 0.163. The standard InChI is InChI=1S/C14H18N2O/c17-14(12-3-4-12)9-15-8-10-1-2-11-5-6-16-13(11)7-10/h1-2,5-7,12,14-17H,3-4,8-9H2. The van der Waals surface area contributed by atoms with Gasteiger partial charge in [0.25, 0.3) is 0 Å². The molecular weight excluding hydrogens is 212 g/mol. The number of benzene rings is 1. The van der Waals surface area contributed by atoms with E-state index in [1.54, 1.807) is 0 Å². The van der Waals surface area contributed by atoms with Crippen LogP contribution in [0.5, 0.6) is 0 Å². The molecule has 1 aromatic heterocycles. The van der Waals surface area contributed by atoms with Crippen molar-refractivity contribution < 1.29 is 5.11 Å². The zero-order valence-electron chi connectivity index (χ0n) is 9.82. The van der Waals surface area contributed by atoms with E-state index in [4.69, 9.17) is 0 Å². The van der Waals surface area contributed by atoms with Gasteiger partial charge in [-0.15, -0.1) is 0 Å². The maximum absolute atomic E-state index is 9.74. The molecule has 1 atom stereocenters. The van der Waals surface area contributed by atoms with Crippen molar-refractivity contribution in [3.05, 3.63) is 36.0 Å². The molecule has 3 N–H and O–H groups in total. The van der Waals surface area contributed by atoms with Gasteiger partial charge in [0.2, 0.25) is 0 Å². The second kappa shape index (κ2) is 4.51. The van der Waals surface area contributed by atoms with E-state index in [0.717, 1.165) is 6.54 Å². The summed E-state index contributed by atoms with van der Waals surface area (Å²) < 4.78 is 0. The van der Waals surface area contributed by atoms with Crippen LogP contribution in [0.3, 0.4) is 0 Å². The molecule has 1 aliphatic rings. The summed E-state index contributed by atoms with van der Waals surface area (Å²) in [7, 11) is 0. The molecule has 0 aliphatic heterocycles. The van der Waals surface area contributed by atoms with E-state index in [-0.39, 0.29) is 6.10 Å². The first-order valence-corrected chi connectivity index (χ1v) is 6.28. The summed E-state index contributed by atoms with van der Waals surface area (Å²) in [6.07, 6.45) is 4.18. The largest absolute Gasteiger partial charge is 0.392 e. The zero-order valence-corrected chi connectivity index (χ0v) is 9.82. The van der Waals surface area contributed by atoms with Crippen molar-refractivity contribution in [3.8, 4) is 0 Å². The van der Waals surface area contributed by atoms with Crippen LogP contribution in [0, 0.1) is 5.92 Å². The van der Waals surface area contributed by atoms with Crippen LogP contribution >= 0.6 is 0 Å². The highest BCUT2D eigenvalue weighted by Crippen LogP contribution is 2.32. The molecule has 0 spiro atoms. The summed E-state index contributed by atoms with van der Waals surface area (Å²) >= 11 is 0. The van der Waals surface area contributed by atoms with Crippen molar-refractivity contribution in [1.29, 1.82) is 0 Å². The highest BCUT2D eigenvalue weighted by molar-refractivity contribution is 5.79. The predicted molar refractivity (Wildman–Crippen MR) is 68.7 cm³/mol. The van der Waals surface area contributed by atoms with E-state index in [1.807, 2.05) is 6.20 Å². The lowest BCUT2D eigenvalue weighted by atomic mass is 10.1. The average Bonchev–Trinajstić information content (AvgIpc) is 3.08. The van der Waals surface area contributed by atoms with E-state index in [1.165, 1.54) is 29.3 Å². The summed E-state index contributed by atoms with van der Waals surface area (Å²) in [5.41, 5.74) is 2.43. The third-order valence-electron chi connectivity index (χ3n) is 3.47. The van der Waals surface area contributed by atoms with Crippen molar-refractivity contribution in [1.82, 2.24) is 10.3 Å². The first-order chi connectivity index (χ1) is 8.33. The van der Waals surface area contributed by atoms with Crippen LogP contribution in [-0.4, -0.2) is 22.7 Å². The summed E-state index contributed by atoms with van der Waals surface area (Å²) in [6.45, 7) is 1.52. The molecule has 90 valence electrons. The maximum atomic E-state index is 9.74. The third-order valence-corrected chi connectivity index (χ3v) is 3.47. The number of rotatable bonds is 5. The number of hydrogen-bond donors (Lipinski definition) is 3. The van der Waals surface area contributed by atoms with Crippen molar-refractivity contribution in [3.63, 3.8) is 0 Å². The van der Waals surface area contributed by atoms with Gasteiger partial charge in [-0.3, -0.25) is 0 Å². The van der Waals surface area contributed by atoms with Crippen LogP contribution in [0.15, 0.2) is 30.5 Å². The fraction of sp³-hybridized carbons (Fsp3) is 0.429. The molecule has 3 nitrogen and oxygen atoms in total. The first-order valence-electron chi connectivity index (χ1n) is 6.28. The van der Waals surface area contributed by atoms with Gasteiger partial charge in [-0.05, 0) is 41.8 Å². The third kappa shape index (κ3) is 2.51. The van der Waals surface area contributed by atoms with Gasteiger partial charge >= 0.3 is 0 Å². The molecule has 0 radical (unpaired) electrons. The fourth-order valence-electron chi connectivity index (χ4n) is 2.22. The quantitative estimate of drug-likeness (QED) is 0.736. The maximum Gasteiger partial charge on any atom is 0.0692 e. The Hall–Kier alpha value is -1.32. The van der Waals surface area contributed by atoms with Gasteiger partial charge in [0.1, 0.15) is 0 Å². The molecule has 0 saturated heterocycles. The highest BCUT2D eigenvalue weighted by Gasteiger charge is 2.28. The number of aromatic nitrogens is 1. The van der Waals surface area contributed by atoms with Crippen molar-refractivity contribution >= 4 is 10.9 Å². The van der Waals surface area contributed by atoms with Gasteiger partial charge in [0.15, 0.2) is 0 Å². The highest BCUT2D eigenvalue weighted by atomic mass is 16.3. The Kier molecular flexibility index (Phi) is 2.87. The molecule has 1 aromatic carbocycles. The topological polar surface area (TPSA) is 48.0 Å². The molecule has 1 unspecified atom stereocenters. The number of aromatic amines is 1. The second-order valence-corrected chi connectivity index (χ2v) is 4.93. The van der Waals surface area contributed by atoms with E-state index in [0.29, 0.717) is 12.5 Å². The van der Waals surface area contributed by atoms with E-state index in [9.17, 15) is 5.11 Å². The zero-order chi connectivity index (χ0) is 11.7. The van der Waals surface area contributed by atoms with Crippen molar-refractivity contribution in [2.75, 3.05) is 6.54 Å². The summed E-state index contributed by atoms with van der Waals surface area (Å²) in [4.78, 5) is 3.21. The minimum Gasteiger partial charge on any atom is -0.392 e. The molecule has 1 aliphatic carbocycles. The average molecular weight is 230 g/mol. The lowest BCUT2D eigenvalue weighted by Gasteiger charge is -2.10. The number of aliphatic hydroxyl groups is 1. The fourth-order valence-corrected chi connectivity index (χ4v) is 2.22. The van der Waals surface area contributed by atoms with Gasteiger partial charge in [-0.2, -0.15) is 0 Å². The summed E-state index contributed by atoms with van der Waals surface area (Å²) in [6, 6.07) is 8.49. The molecule has 1 saturated carbocycles. The van der Waals surface area contributed by atoms with Crippen molar-refractivity contribution in [2.24, 2.45) is 5.92 Å². The molecule has 1 heterocycles. The van der Waals surface area contributed by atoms with Crippen LogP contribution in [0.1, 0.15) is 18.4 Å². The number of fused-ring (bicyclic) bond motifs is 1. The molecule has 2 aromatic rings. The lowest BCUT2D eigenvalue weighted by Crippen LogP contribution is -2.27. The van der Waals surface area contributed by atoms with Gasteiger partial charge in [-0.25, -0.2) is 0 Å². The number of aliphatic hydroxyl groups excluding tert-OH is 1. The van der Waals surface area contributed by atoms with Crippen LogP contribution in [-0.2, 0) is 6.54 Å². The molecule has 17 heavy (non-hydrogen) atoms. The number of hydrogen-bond acceptors (Lipinski definition) is 2. The normalized spacial score (nSPS) is 17.5. The first kappa shape index (κ1) is 10.8. The predicted octanol–water partition coefficient (Wildman–Crippen LogP) is 2.03. The lowest BCUT2D eigenvalue weighted by molar-refractivity contribution is 0.148. The van der Waals surface area contributed by atoms with Crippen LogP contribution in [0.2, 0.25) is 0 Å². The Bertz CT molecular complexity index is 502. The van der Waals surface area contributed by atoms with Gasteiger partial charge in [0.05, 0.1) is 6.10 Å². The summed E-state index contributed by atoms with van der Waals surface area (Å²) in [5.74, 6) is 0.549. The van der Waals surface area contributed by atoms with Gasteiger partial charge in [0, 0.05) is 24.8 Å². The Balaban J connectivity index is 1.56. The number of nitrogens with one attached hydrogen (secondary N) is 2. The Morgan fingerprint density at radius 3 is 3.06 bits per heavy atom. The van der Waals surface area contributed by atoms with Gasteiger partial charge in [-0.1, -0.05) is 12.1 Å². The Morgan fingerprint density at radius 2 is 2.24 bits per heavy atom. The monoisotopic (exact) mass is 230 g/mol. The minimum atomic E-state index is -0.163. The van der Waals surface area contributed by atoms with Crippen LogP contribution in [0.4, 0.5) is 0 Å². The molecule has 0 amide bonds. The van der Waals surface area contributed by atoms with Crippen LogP contribution in [0.25, 0.3) is 10.9 Å². The van der Waals surface area contributed by atoms with Gasteiger partial charge < -0.3 is 15.4 Å². The SMILES string of the molecule is OC(CNCc1ccc2cc[nH]c2c1)C1CC1. The molecule has 1 fully saturated rings. The molecular formula is C14H18N2O. The Labute approximate surface area is 101 Å². The summed E-state index contributed by atoms with van der Waals surface area (Å²) in [5, 5.41) is 14.3. The smallest absolute Gasteiger partial charge is 0.0692 e. The number of H-pyrrole nitrogens is 1. The molecule has 3 heteroatoms. The second-order valence-electron chi connectivity index (χ2n) is 4.93. The van der Waals surface area contributed by atoms with E-state index in [2.05, 4.69) is 34.6 Å².